The van der Waals surface area contributed by atoms with Crippen molar-refractivity contribution < 1.29 is 23.2 Å². The summed E-state index contributed by atoms with van der Waals surface area (Å²) in [5, 5.41) is 6.04. The van der Waals surface area contributed by atoms with Crippen molar-refractivity contribution >= 4 is 30.3 Å². The first-order valence-corrected chi connectivity index (χ1v) is 9.62. The van der Waals surface area contributed by atoms with E-state index in [-0.39, 0.29) is 0 Å². The Balaban J connectivity index is 2.79. The molecule has 0 aromatic heterocycles. The highest BCUT2D eigenvalue weighted by Gasteiger charge is 2.21. The van der Waals surface area contributed by atoms with Crippen molar-refractivity contribution in [3.63, 3.8) is 0 Å². The van der Waals surface area contributed by atoms with Crippen molar-refractivity contribution in [3.8, 4) is 5.75 Å². The molecule has 1 aromatic rings. The van der Waals surface area contributed by atoms with E-state index in [0.717, 1.165) is 5.56 Å². The lowest BCUT2D eigenvalue weighted by atomic mass is 10.1. The van der Waals surface area contributed by atoms with Crippen molar-refractivity contribution in [1.29, 1.82) is 0 Å². The highest BCUT2D eigenvalue weighted by atomic mass is 32.5. The van der Waals surface area contributed by atoms with E-state index in [1.807, 2.05) is 13.8 Å². The van der Waals surface area contributed by atoms with E-state index < -0.39 is 12.8 Å². The maximum atomic E-state index is 11.0. The van der Waals surface area contributed by atoms with Gasteiger partial charge in [0.1, 0.15) is 5.75 Å². The van der Waals surface area contributed by atoms with E-state index in [2.05, 4.69) is 15.3 Å². The fourth-order valence-electron chi connectivity index (χ4n) is 1.50. The van der Waals surface area contributed by atoms with Crippen LogP contribution in [0.15, 0.2) is 29.4 Å². The number of rotatable bonds is 8. The first kappa shape index (κ1) is 19.6. The molecular weight excluding hydrogens is 339 g/mol. The minimum absolute atomic E-state index is 0.415. The van der Waals surface area contributed by atoms with E-state index in [1.54, 1.807) is 31.2 Å². The van der Waals surface area contributed by atoms with Gasteiger partial charge in [-0.3, -0.25) is 13.9 Å². The number of benzene rings is 1. The largest absolute Gasteiger partial charge is 0.433 e. The molecule has 0 aliphatic heterocycles. The molecular formula is C14H21N2O5PS. The molecule has 1 rings (SSSR count). The molecule has 0 spiro atoms. The normalized spacial score (nSPS) is 11.9. The smallest absolute Gasteiger partial charge is 0.424 e. The third kappa shape index (κ3) is 6.66. The van der Waals surface area contributed by atoms with E-state index in [4.69, 9.17) is 25.4 Å². The number of amides is 1. The quantitative estimate of drug-likeness (QED) is 0.331. The van der Waals surface area contributed by atoms with Crippen LogP contribution in [0.25, 0.3) is 0 Å². The molecule has 1 amide bonds. The van der Waals surface area contributed by atoms with E-state index in [9.17, 15) is 4.79 Å². The van der Waals surface area contributed by atoms with E-state index >= 15 is 0 Å². The molecule has 9 heteroatoms. The molecule has 0 atom stereocenters. The standard InChI is InChI=1S/C14H21N2O5PS/c1-5-18-22(23,19-6-2)21-13-9-7-12(8-10-13)11(3)16-20-14(17)15-4/h7-10H,5-6H2,1-4H3,(H,15,17). The predicted octanol–water partition coefficient (Wildman–Crippen LogP) is 3.44. The Labute approximate surface area is 141 Å². The zero-order valence-corrected chi connectivity index (χ0v) is 15.3. The van der Waals surface area contributed by atoms with E-state index in [0.29, 0.717) is 24.7 Å². The van der Waals surface area contributed by atoms with Crippen LogP contribution in [0.2, 0.25) is 0 Å². The molecule has 0 fully saturated rings. The minimum atomic E-state index is -2.78. The summed E-state index contributed by atoms with van der Waals surface area (Å²) in [6, 6.07) is 7.01. The Hall–Kier alpha value is -1.47. The van der Waals surface area contributed by atoms with Gasteiger partial charge in [0.05, 0.1) is 18.9 Å². The lowest BCUT2D eigenvalue weighted by Gasteiger charge is -2.21. The average Bonchev–Trinajstić information content (AvgIpc) is 2.53. The molecule has 0 aliphatic carbocycles. The van der Waals surface area contributed by atoms with Gasteiger partial charge in [0.25, 0.3) is 0 Å². The molecule has 128 valence electrons. The Morgan fingerprint density at radius 2 is 1.78 bits per heavy atom. The zero-order chi connectivity index (χ0) is 17.3. The highest BCUT2D eigenvalue weighted by Crippen LogP contribution is 2.49. The van der Waals surface area contributed by atoms with Gasteiger partial charge in [0.15, 0.2) is 0 Å². The number of carbonyl (C=O) groups is 1. The fourth-order valence-corrected chi connectivity index (χ4v) is 3.58. The van der Waals surface area contributed by atoms with Crippen molar-refractivity contribution in [2.45, 2.75) is 20.8 Å². The molecule has 0 heterocycles. The van der Waals surface area contributed by atoms with Gasteiger partial charge < -0.3 is 9.84 Å². The number of hydrogen-bond acceptors (Lipinski definition) is 7. The lowest BCUT2D eigenvalue weighted by molar-refractivity contribution is 0.153. The van der Waals surface area contributed by atoms with Gasteiger partial charge in [0, 0.05) is 18.9 Å². The molecule has 0 aliphatic rings. The molecule has 23 heavy (non-hydrogen) atoms. The summed E-state index contributed by atoms with van der Waals surface area (Å²) in [5.74, 6) is 0.541. The van der Waals surface area contributed by atoms with Gasteiger partial charge in [-0.2, -0.15) is 0 Å². The minimum Gasteiger partial charge on any atom is -0.424 e. The number of hydrogen-bond donors (Lipinski definition) is 1. The second kappa shape index (κ2) is 9.62. The third-order valence-corrected chi connectivity index (χ3v) is 4.97. The topological polar surface area (TPSA) is 78.4 Å². The van der Waals surface area contributed by atoms with Crippen LogP contribution in [0, 0.1) is 0 Å². The average molecular weight is 360 g/mol. The van der Waals surface area contributed by atoms with Crippen LogP contribution in [-0.4, -0.2) is 32.1 Å². The van der Waals surface area contributed by atoms with Crippen LogP contribution in [0.4, 0.5) is 4.79 Å². The molecule has 1 aromatic carbocycles. The highest BCUT2D eigenvalue weighted by molar-refractivity contribution is 8.07. The van der Waals surface area contributed by atoms with Gasteiger partial charge >= 0.3 is 12.8 Å². The molecule has 7 nitrogen and oxygen atoms in total. The van der Waals surface area contributed by atoms with E-state index in [1.165, 1.54) is 7.05 Å². The third-order valence-electron chi connectivity index (χ3n) is 2.53. The van der Waals surface area contributed by atoms with Crippen LogP contribution < -0.4 is 9.84 Å². The molecule has 0 saturated carbocycles. The van der Waals surface area contributed by atoms with Crippen LogP contribution in [-0.2, 0) is 25.7 Å². The second-order valence-electron chi connectivity index (χ2n) is 4.20. The van der Waals surface area contributed by atoms with Gasteiger partial charge in [-0.15, -0.1) is 0 Å². The summed E-state index contributed by atoms with van der Waals surface area (Å²) >= 11 is 5.31. The van der Waals surface area contributed by atoms with Gasteiger partial charge in [-0.25, -0.2) is 4.79 Å². The molecule has 0 bridgehead atoms. The summed E-state index contributed by atoms with van der Waals surface area (Å²) in [4.78, 5) is 15.6. The van der Waals surface area contributed by atoms with Crippen LogP contribution >= 0.6 is 6.72 Å². The zero-order valence-electron chi connectivity index (χ0n) is 13.6. The second-order valence-corrected chi connectivity index (χ2v) is 7.14. The molecule has 1 N–H and O–H groups in total. The Kier molecular flexibility index (Phi) is 8.19. The maximum absolute atomic E-state index is 11.0. The Bertz CT molecular complexity index is 581. The summed E-state index contributed by atoms with van der Waals surface area (Å²) in [6.07, 6.45) is -0.626. The van der Waals surface area contributed by atoms with Gasteiger partial charge in [0.2, 0.25) is 0 Å². The lowest BCUT2D eigenvalue weighted by Crippen LogP contribution is -2.17. The Morgan fingerprint density at radius 3 is 2.26 bits per heavy atom. The van der Waals surface area contributed by atoms with Crippen molar-refractivity contribution in [2.75, 3.05) is 20.3 Å². The Morgan fingerprint density at radius 1 is 1.22 bits per heavy atom. The first-order valence-electron chi connectivity index (χ1n) is 7.06. The fraction of sp³-hybridized carbons (Fsp3) is 0.429. The summed E-state index contributed by atoms with van der Waals surface area (Å²) < 4.78 is 16.5. The summed E-state index contributed by atoms with van der Waals surface area (Å²) in [7, 11) is 1.46. The number of carbonyl (C=O) groups excluding carboxylic acids is 1. The molecule has 0 saturated heterocycles. The van der Waals surface area contributed by atoms with Crippen molar-refractivity contribution in [3.05, 3.63) is 29.8 Å². The van der Waals surface area contributed by atoms with Crippen LogP contribution in [0.5, 0.6) is 5.75 Å². The van der Waals surface area contributed by atoms with Crippen LogP contribution in [0.3, 0.4) is 0 Å². The molecule has 0 unspecified atom stereocenters. The molecule has 0 radical (unpaired) electrons. The summed E-state index contributed by atoms with van der Waals surface area (Å²) in [6.45, 7) is 3.43. The van der Waals surface area contributed by atoms with Gasteiger partial charge in [-0.1, -0.05) is 5.16 Å². The maximum Gasteiger partial charge on any atom is 0.433 e. The number of oxime groups is 1. The van der Waals surface area contributed by atoms with Crippen LogP contribution in [0.1, 0.15) is 26.3 Å². The summed E-state index contributed by atoms with van der Waals surface area (Å²) in [5.41, 5.74) is 1.33. The monoisotopic (exact) mass is 360 g/mol. The van der Waals surface area contributed by atoms with Gasteiger partial charge in [-0.05, 0) is 50.6 Å². The first-order chi connectivity index (χ1) is 10.9. The van der Waals surface area contributed by atoms with Crippen molar-refractivity contribution in [1.82, 2.24) is 5.32 Å². The number of nitrogens with zero attached hydrogens (tertiary/aromatic N) is 1. The number of nitrogens with one attached hydrogen (secondary N) is 1. The SMILES string of the molecule is CCOP(=S)(OCC)Oc1ccc(C(C)=NOC(=O)NC)cc1. The predicted molar refractivity (Wildman–Crippen MR) is 92.4 cm³/mol. The van der Waals surface area contributed by atoms with Crippen molar-refractivity contribution in [2.24, 2.45) is 5.16 Å².